The number of anilines is 1. The minimum absolute atomic E-state index is 0.250. The second kappa shape index (κ2) is 7.08. The topological polar surface area (TPSA) is 37.4 Å². The van der Waals surface area contributed by atoms with Gasteiger partial charge in [-0.1, -0.05) is 83.9 Å². The Balaban J connectivity index is 1.94. The highest BCUT2D eigenvalue weighted by atomic mass is 35.5. The van der Waals surface area contributed by atoms with Crippen molar-refractivity contribution in [3.8, 4) is 0 Å². The third kappa shape index (κ3) is 2.92. The van der Waals surface area contributed by atoms with Crippen molar-refractivity contribution >= 4 is 40.6 Å². The molecule has 28 heavy (non-hydrogen) atoms. The molecule has 0 saturated heterocycles. The van der Waals surface area contributed by atoms with Crippen molar-refractivity contribution in [1.29, 1.82) is 0 Å². The lowest BCUT2D eigenvalue weighted by Gasteiger charge is -2.40. The molecule has 0 aliphatic carbocycles. The van der Waals surface area contributed by atoms with Gasteiger partial charge in [-0.05, 0) is 30.2 Å². The molecule has 0 fully saturated rings. The zero-order valence-corrected chi connectivity index (χ0v) is 16.7. The Bertz CT molecular complexity index is 1070. The molecule has 0 saturated carbocycles. The van der Waals surface area contributed by atoms with Crippen molar-refractivity contribution in [3.63, 3.8) is 0 Å². The van der Waals surface area contributed by atoms with Crippen LogP contribution in [-0.4, -0.2) is 11.7 Å². The van der Waals surface area contributed by atoms with Gasteiger partial charge in [0.25, 0.3) is 0 Å². The number of nitrogens with zero attached hydrogens (tertiary/aromatic N) is 1. The molecule has 3 aromatic rings. The maximum Gasteiger partial charge on any atom is 0.245 e. The molecule has 0 aromatic heterocycles. The summed E-state index contributed by atoms with van der Waals surface area (Å²) in [5, 5.41) is 0.631. The number of carbonyl (C=O) groups is 2. The van der Waals surface area contributed by atoms with E-state index in [4.69, 9.17) is 23.2 Å². The summed E-state index contributed by atoms with van der Waals surface area (Å²) in [6.07, 6.45) is 0. The van der Waals surface area contributed by atoms with Crippen LogP contribution in [-0.2, 0) is 16.8 Å². The third-order valence-corrected chi connectivity index (χ3v) is 5.73. The molecule has 5 heteroatoms. The van der Waals surface area contributed by atoms with Gasteiger partial charge < -0.3 is 4.90 Å². The Morgan fingerprint density at radius 3 is 2.14 bits per heavy atom. The lowest BCUT2D eigenvalue weighted by molar-refractivity contribution is -0.122. The van der Waals surface area contributed by atoms with E-state index in [-0.39, 0.29) is 16.7 Å². The van der Waals surface area contributed by atoms with Gasteiger partial charge >= 0.3 is 0 Å². The number of hydrogen-bond acceptors (Lipinski definition) is 2. The summed E-state index contributed by atoms with van der Waals surface area (Å²) in [6.45, 7) is 1.98. The normalized spacial score (nSPS) is 18.9. The van der Waals surface area contributed by atoms with Crippen LogP contribution in [0.3, 0.4) is 0 Å². The van der Waals surface area contributed by atoms with Gasteiger partial charge in [-0.3, -0.25) is 9.59 Å². The van der Waals surface area contributed by atoms with Crippen LogP contribution in [0.25, 0.3) is 0 Å². The van der Waals surface area contributed by atoms with Crippen molar-refractivity contribution in [2.45, 2.75) is 18.9 Å². The molecule has 3 aromatic carbocycles. The number of rotatable bonds is 3. The molecule has 3 nitrogen and oxygen atoms in total. The highest BCUT2D eigenvalue weighted by Gasteiger charge is 2.51. The van der Waals surface area contributed by atoms with Crippen LogP contribution >= 0.6 is 23.2 Å². The Morgan fingerprint density at radius 1 is 0.893 bits per heavy atom. The molecule has 4 rings (SSSR count). The number of halogens is 2. The Kier molecular flexibility index (Phi) is 4.74. The van der Waals surface area contributed by atoms with E-state index < -0.39 is 5.41 Å². The quantitative estimate of drug-likeness (QED) is 0.521. The van der Waals surface area contributed by atoms with Crippen LogP contribution in [0, 0.1) is 0 Å². The summed E-state index contributed by atoms with van der Waals surface area (Å²) in [5.74, 6) is -0.608. The van der Waals surface area contributed by atoms with E-state index in [2.05, 4.69) is 0 Å². The Labute approximate surface area is 173 Å². The van der Waals surface area contributed by atoms with Crippen molar-refractivity contribution in [2.75, 3.05) is 4.90 Å². The molecule has 0 radical (unpaired) electrons. The van der Waals surface area contributed by atoms with Crippen LogP contribution in [0.5, 0.6) is 0 Å². The van der Waals surface area contributed by atoms with Gasteiger partial charge in [0.2, 0.25) is 5.91 Å². The summed E-state index contributed by atoms with van der Waals surface area (Å²) in [6, 6.07) is 21.9. The van der Waals surface area contributed by atoms with Crippen LogP contribution in [0.2, 0.25) is 10.0 Å². The fraction of sp³-hybridized carbons (Fsp3) is 0.130. The predicted molar refractivity (Wildman–Crippen MR) is 112 cm³/mol. The Hall–Kier alpha value is -2.62. The molecule has 0 spiro atoms. The lowest BCUT2D eigenvalue weighted by atomic mass is 9.72. The molecular weight excluding hydrogens is 393 g/mol. The Morgan fingerprint density at radius 2 is 1.50 bits per heavy atom. The van der Waals surface area contributed by atoms with Crippen LogP contribution in [0.15, 0.2) is 72.8 Å². The SMILES string of the molecule is CC1(c2ccccc2)C(=O)c2c(Cl)cc(Cl)cc2N(Cc2ccccc2)C1=O. The van der Waals surface area contributed by atoms with Gasteiger partial charge in [0.1, 0.15) is 5.41 Å². The molecular formula is C23H17Cl2NO2. The molecule has 1 unspecified atom stereocenters. The first-order chi connectivity index (χ1) is 13.4. The van der Waals surface area contributed by atoms with Gasteiger partial charge in [-0.15, -0.1) is 0 Å². The molecule has 1 aliphatic heterocycles. The van der Waals surface area contributed by atoms with E-state index in [0.717, 1.165) is 5.56 Å². The molecule has 1 atom stereocenters. The van der Waals surface area contributed by atoms with Gasteiger partial charge in [0, 0.05) is 5.02 Å². The lowest BCUT2D eigenvalue weighted by Crippen LogP contribution is -2.54. The number of ketones is 1. The van der Waals surface area contributed by atoms with Gasteiger partial charge in [0.15, 0.2) is 5.78 Å². The van der Waals surface area contributed by atoms with Gasteiger partial charge in [-0.25, -0.2) is 0 Å². The summed E-state index contributed by atoms with van der Waals surface area (Å²) in [4.78, 5) is 28.8. The van der Waals surface area contributed by atoms with Crippen molar-refractivity contribution in [2.24, 2.45) is 0 Å². The summed E-state index contributed by atoms with van der Waals surface area (Å²) < 4.78 is 0. The maximum absolute atomic E-state index is 13.7. The first-order valence-corrected chi connectivity index (χ1v) is 9.64. The van der Waals surface area contributed by atoms with E-state index in [1.165, 1.54) is 0 Å². The van der Waals surface area contributed by atoms with Crippen LogP contribution in [0.4, 0.5) is 5.69 Å². The maximum atomic E-state index is 13.7. The largest absolute Gasteiger partial charge is 0.306 e. The van der Waals surface area contributed by atoms with E-state index >= 15 is 0 Å². The number of fused-ring (bicyclic) bond motifs is 1. The van der Waals surface area contributed by atoms with Gasteiger partial charge in [-0.2, -0.15) is 0 Å². The van der Waals surface area contributed by atoms with E-state index in [1.807, 2.05) is 48.5 Å². The average Bonchev–Trinajstić information content (AvgIpc) is 2.70. The van der Waals surface area contributed by atoms with E-state index in [0.29, 0.717) is 28.4 Å². The highest BCUT2D eigenvalue weighted by Crippen LogP contribution is 2.44. The summed E-state index contributed by atoms with van der Waals surface area (Å²) in [7, 11) is 0. The summed E-state index contributed by atoms with van der Waals surface area (Å²) >= 11 is 12.6. The van der Waals surface area contributed by atoms with Crippen LogP contribution < -0.4 is 4.90 Å². The fourth-order valence-corrected chi connectivity index (χ4v) is 4.24. The van der Waals surface area contributed by atoms with Crippen molar-refractivity contribution in [1.82, 2.24) is 0 Å². The average molecular weight is 410 g/mol. The smallest absolute Gasteiger partial charge is 0.245 e. The minimum Gasteiger partial charge on any atom is -0.306 e. The van der Waals surface area contributed by atoms with Crippen molar-refractivity contribution < 1.29 is 9.59 Å². The molecule has 1 aliphatic rings. The number of carbonyl (C=O) groups excluding carboxylic acids is 2. The highest BCUT2D eigenvalue weighted by molar-refractivity contribution is 6.41. The zero-order valence-electron chi connectivity index (χ0n) is 15.2. The van der Waals surface area contributed by atoms with E-state index in [9.17, 15) is 9.59 Å². The number of Topliss-reactive ketones (excluding diaryl/α,β-unsaturated/α-hetero) is 1. The zero-order chi connectivity index (χ0) is 19.9. The second-order valence-electron chi connectivity index (χ2n) is 6.98. The number of hydrogen-bond donors (Lipinski definition) is 0. The fourth-order valence-electron chi connectivity index (χ4n) is 3.67. The van der Waals surface area contributed by atoms with Crippen LogP contribution in [0.1, 0.15) is 28.4 Å². The monoisotopic (exact) mass is 409 g/mol. The predicted octanol–water partition coefficient (Wildman–Crippen LogP) is 5.68. The minimum atomic E-state index is -1.36. The standard InChI is InChI=1S/C23H17Cl2NO2/c1-23(16-10-6-3-7-11-16)21(27)20-18(25)12-17(24)13-19(20)26(22(23)28)14-15-8-4-2-5-9-15/h2-13H,14H2,1H3. The molecule has 0 bridgehead atoms. The second-order valence-corrected chi connectivity index (χ2v) is 7.82. The van der Waals surface area contributed by atoms with Gasteiger partial charge in [0.05, 0.1) is 22.8 Å². The molecule has 1 heterocycles. The molecule has 140 valence electrons. The first-order valence-electron chi connectivity index (χ1n) is 8.88. The van der Waals surface area contributed by atoms with E-state index in [1.54, 1.807) is 36.1 Å². The third-order valence-electron chi connectivity index (χ3n) is 5.21. The first kappa shape index (κ1) is 18.7. The van der Waals surface area contributed by atoms with Crippen molar-refractivity contribution in [3.05, 3.63) is 99.5 Å². The summed E-state index contributed by atoms with van der Waals surface area (Å²) in [5.41, 5.74) is 1.00. The number of benzene rings is 3. The molecule has 1 amide bonds. The number of amides is 1. The molecule has 0 N–H and O–H groups in total.